The Bertz CT molecular complexity index is 1080. The zero-order valence-electron chi connectivity index (χ0n) is 14.6. The maximum atomic E-state index is 12.4. The molecule has 2 aromatic carbocycles. The molecule has 0 aromatic heterocycles. The molecular weight excluding hydrogens is 460 g/mol. The van der Waals surface area contributed by atoms with Gasteiger partial charge >= 0.3 is 0 Å². The van der Waals surface area contributed by atoms with Gasteiger partial charge < -0.3 is 4.74 Å². The van der Waals surface area contributed by atoms with Gasteiger partial charge in [-0.05, 0) is 46.3 Å². The standard InChI is InChI=1S/C16H17BrN2O6S2/c1-19(2)27(23,24)15-10-11(8-9-13(15)25-3)16(20)18-26(21,22)14-7-5-4-6-12(14)17/h4-10H,1-3H3,(H,18,20). The van der Waals surface area contributed by atoms with Crippen LogP contribution in [0.4, 0.5) is 0 Å². The summed E-state index contributed by atoms with van der Waals surface area (Å²) >= 11 is 3.12. The summed E-state index contributed by atoms with van der Waals surface area (Å²) in [5.74, 6) is -0.933. The van der Waals surface area contributed by atoms with E-state index < -0.39 is 26.0 Å². The summed E-state index contributed by atoms with van der Waals surface area (Å²) in [7, 11) is -4.11. The van der Waals surface area contributed by atoms with Crippen molar-refractivity contribution >= 4 is 41.9 Å². The molecule has 1 amide bonds. The van der Waals surface area contributed by atoms with E-state index in [0.29, 0.717) is 0 Å². The van der Waals surface area contributed by atoms with Crippen LogP contribution >= 0.6 is 15.9 Å². The molecule has 0 fully saturated rings. The second kappa shape index (κ2) is 7.97. The number of carbonyl (C=O) groups is 1. The second-order valence-electron chi connectivity index (χ2n) is 5.52. The van der Waals surface area contributed by atoms with E-state index in [1.165, 1.54) is 51.5 Å². The average molecular weight is 477 g/mol. The van der Waals surface area contributed by atoms with Crippen LogP contribution in [0.1, 0.15) is 10.4 Å². The number of nitrogens with zero attached hydrogens (tertiary/aromatic N) is 1. The Morgan fingerprint density at radius 2 is 1.67 bits per heavy atom. The van der Waals surface area contributed by atoms with Crippen molar-refractivity contribution in [1.29, 1.82) is 0 Å². The van der Waals surface area contributed by atoms with Crippen molar-refractivity contribution in [2.45, 2.75) is 9.79 Å². The van der Waals surface area contributed by atoms with Crippen LogP contribution in [0.15, 0.2) is 56.7 Å². The minimum Gasteiger partial charge on any atom is -0.495 e. The van der Waals surface area contributed by atoms with Crippen LogP contribution in [0, 0.1) is 0 Å². The minimum absolute atomic E-state index is 0.0360. The summed E-state index contributed by atoms with van der Waals surface area (Å²) in [4.78, 5) is 12.1. The molecule has 0 aliphatic carbocycles. The van der Waals surface area contributed by atoms with Gasteiger partial charge in [0.15, 0.2) is 0 Å². The van der Waals surface area contributed by atoms with E-state index in [2.05, 4.69) is 15.9 Å². The summed E-state index contributed by atoms with van der Waals surface area (Å²) in [5.41, 5.74) is -0.146. The maximum absolute atomic E-state index is 12.4. The monoisotopic (exact) mass is 476 g/mol. The molecule has 0 spiro atoms. The van der Waals surface area contributed by atoms with Gasteiger partial charge in [0.2, 0.25) is 10.0 Å². The van der Waals surface area contributed by atoms with Gasteiger partial charge in [-0.15, -0.1) is 0 Å². The highest BCUT2D eigenvalue weighted by Crippen LogP contribution is 2.27. The first kappa shape index (κ1) is 21.4. The Morgan fingerprint density at radius 3 is 2.22 bits per heavy atom. The van der Waals surface area contributed by atoms with Gasteiger partial charge in [0, 0.05) is 24.1 Å². The van der Waals surface area contributed by atoms with Crippen LogP contribution in [0.5, 0.6) is 5.75 Å². The molecule has 146 valence electrons. The fraction of sp³-hybridized carbons (Fsp3) is 0.188. The highest BCUT2D eigenvalue weighted by atomic mass is 79.9. The normalized spacial score (nSPS) is 12.0. The van der Waals surface area contributed by atoms with Crippen molar-refractivity contribution < 1.29 is 26.4 Å². The van der Waals surface area contributed by atoms with E-state index in [0.717, 1.165) is 10.4 Å². The SMILES string of the molecule is COc1ccc(C(=O)NS(=O)(=O)c2ccccc2Br)cc1S(=O)(=O)N(C)C. The molecule has 8 nitrogen and oxygen atoms in total. The number of nitrogens with one attached hydrogen (secondary N) is 1. The third-order valence-corrected chi connectivity index (χ3v) is 7.72. The topological polar surface area (TPSA) is 110 Å². The van der Waals surface area contributed by atoms with Crippen molar-refractivity contribution in [1.82, 2.24) is 9.03 Å². The number of hydrogen-bond acceptors (Lipinski definition) is 6. The fourth-order valence-electron chi connectivity index (χ4n) is 2.11. The molecule has 0 radical (unpaired) electrons. The van der Waals surface area contributed by atoms with Crippen LogP contribution in [0.25, 0.3) is 0 Å². The van der Waals surface area contributed by atoms with Crippen LogP contribution in [0.3, 0.4) is 0 Å². The Balaban J connectivity index is 2.45. The average Bonchev–Trinajstić information content (AvgIpc) is 2.60. The number of sulfonamides is 2. The number of benzene rings is 2. The molecule has 0 unspecified atom stereocenters. The summed E-state index contributed by atoms with van der Waals surface area (Å²) in [6.07, 6.45) is 0. The molecule has 2 rings (SSSR count). The van der Waals surface area contributed by atoms with Crippen LogP contribution < -0.4 is 9.46 Å². The van der Waals surface area contributed by atoms with Crippen molar-refractivity contribution in [3.05, 3.63) is 52.5 Å². The molecule has 0 atom stereocenters. The van der Waals surface area contributed by atoms with E-state index in [1.54, 1.807) is 6.07 Å². The molecule has 0 saturated carbocycles. The largest absolute Gasteiger partial charge is 0.495 e. The lowest BCUT2D eigenvalue weighted by Crippen LogP contribution is -2.31. The first-order chi connectivity index (χ1) is 12.5. The predicted molar refractivity (Wildman–Crippen MR) is 103 cm³/mol. The van der Waals surface area contributed by atoms with Gasteiger partial charge in [-0.3, -0.25) is 4.79 Å². The van der Waals surface area contributed by atoms with Gasteiger partial charge in [0.05, 0.1) is 7.11 Å². The Labute approximate surface area is 166 Å². The Morgan fingerprint density at radius 1 is 1.04 bits per heavy atom. The first-order valence-corrected chi connectivity index (χ1v) is 11.1. The van der Waals surface area contributed by atoms with E-state index >= 15 is 0 Å². The molecule has 0 bridgehead atoms. The number of halogens is 1. The quantitative estimate of drug-likeness (QED) is 0.680. The molecule has 27 heavy (non-hydrogen) atoms. The highest BCUT2D eigenvalue weighted by molar-refractivity contribution is 9.10. The van der Waals surface area contributed by atoms with Gasteiger partial charge in [0.1, 0.15) is 15.5 Å². The number of carbonyl (C=O) groups excluding carboxylic acids is 1. The minimum atomic E-state index is -4.16. The molecule has 0 heterocycles. The van der Waals surface area contributed by atoms with Gasteiger partial charge in [-0.25, -0.2) is 25.9 Å². The van der Waals surface area contributed by atoms with Gasteiger partial charge in [-0.2, -0.15) is 0 Å². The van der Waals surface area contributed by atoms with Crippen LogP contribution in [-0.4, -0.2) is 48.3 Å². The summed E-state index contributed by atoms with van der Waals surface area (Å²) in [6.45, 7) is 0. The van der Waals surface area contributed by atoms with Crippen molar-refractivity contribution in [3.8, 4) is 5.75 Å². The summed E-state index contributed by atoms with van der Waals surface area (Å²) < 4.78 is 57.9. The Hall–Kier alpha value is -1.95. The Kier molecular flexibility index (Phi) is 6.30. The number of rotatable bonds is 6. The van der Waals surface area contributed by atoms with Gasteiger partial charge in [-0.1, -0.05) is 12.1 Å². The van der Waals surface area contributed by atoms with Crippen molar-refractivity contribution in [2.75, 3.05) is 21.2 Å². The molecular formula is C16H17BrN2O6S2. The maximum Gasteiger partial charge on any atom is 0.265 e. The first-order valence-electron chi connectivity index (χ1n) is 7.43. The molecule has 2 aromatic rings. The number of methoxy groups -OCH3 is 1. The highest BCUT2D eigenvalue weighted by Gasteiger charge is 2.26. The smallest absolute Gasteiger partial charge is 0.265 e. The van der Waals surface area contributed by atoms with Crippen molar-refractivity contribution in [2.24, 2.45) is 0 Å². The summed E-state index contributed by atoms with van der Waals surface area (Å²) in [6, 6.07) is 9.63. The summed E-state index contributed by atoms with van der Waals surface area (Å²) in [5, 5.41) is 0. The number of hydrogen-bond donors (Lipinski definition) is 1. The van der Waals surface area contributed by atoms with E-state index in [4.69, 9.17) is 4.74 Å². The van der Waals surface area contributed by atoms with Crippen LogP contribution in [-0.2, 0) is 20.0 Å². The van der Waals surface area contributed by atoms with E-state index in [9.17, 15) is 21.6 Å². The molecule has 1 N–H and O–H groups in total. The van der Waals surface area contributed by atoms with Gasteiger partial charge in [0.25, 0.3) is 15.9 Å². The molecule has 0 aliphatic rings. The zero-order chi connectivity index (χ0) is 20.4. The fourth-order valence-corrected chi connectivity index (χ4v) is 5.17. The lowest BCUT2D eigenvalue weighted by atomic mass is 10.2. The molecule has 0 saturated heterocycles. The lowest BCUT2D eigenvalue weighted by Gasteiger charge is -2.15. The van der Waals surface area contributed by atoms with Crippen LogP contribution in [0.2, 0.25) is 0 Å². The third kappa shape index (κ3) is 4.49. The molecule has 11 heteroatoms. The predicted octanol–water partition coefficient (Wildman–Crippen LogP) is 1.83. The van der Waals surface area contributed by atoms with Crippen molar-refractivity contribution in [3.63, 3.8) is 0 Å². The number of ether oxygens (including phenoxy) is 1. The third-order valence-electron chi connectivity index (χ3n) is 3.54. The lowest BCUT2D eigenvalue weighted by molar-refractivity contribution is 0.0981. The van der Waals surface area contributed by atoms with E-state index in [1.807, 2.05) is 4.72 Å². The van der Waals surface area contributed by atoms with E-state index in [-0.39, 0.29) is 25.6 Å². The second-order valence-corrected chi connectivity index (χ2v) is 10.1. The molecule has 0 aliphatic heterocycles. The zero-order valence-corrected chi connectivity index (χ0v) is 17.9. The number of amides is 1.